The third-order valence-electron chi connectivity index (χ3n) is 2.76. The first-order chi connectivity index (χ1) is 10.2. The van der Waals surface area contributed by atoms with E-state index < -0.39 is 5.95 Å². The SMILES string of the molecule is O=C(Nc1ccc(-n2ccnc2)nc1)c1ccc(F)nc1. The van der Waals surface area contributed by atoms with E-state index in [2.05, 4.69) is 20.3 Å². The van der Waals surface area contributed by atoms with Gasteiger partial charge in [-0.15, -0.1) is 0 Å². The summed E-state index contributed by atoms with van der Waals surface area (Å²) >= 11 is 0. The highest BCUT2D eigenvalue weighted by molar-refractivity contribution is 6.03. The summed E-state index contributed by atoms with van der Waals surface area (Å²) in [5.74, 6) is -0.313. The minimum atomic E-state index is -0.627. The Morgan fingerprint density at radius 1 is 1.14 bits per heavy atom. The van der Waals surface area contributed by atoms with Gasteiger partial charge in [0.2, 0.25) is 5.95 Å². The van der Waals surface area contributed by atoms with E-state index in [-0.39, 0.29) is 11.5 Å². The molecule has 0 aliphatic carbocycles. The summed E-state index contributed by atoms with van der Waals surface area (Å²) in [6, 6.07) is 5.97. The lowest BCUT2D eigenvalue weighted by atomic mass is 10.2. The lowest BCUT2D eigenvalue weighted by Gasteiger charge is -2.06. The molecule has 0 bridgehead atoms. The molecule has 0 spiro atoms. The Bertz CT molecular complexity index is 738. The maximum absolute atomic E-state index is 12.7. The zero-order valence-electron chi connectivity index (χ0n) is 10.8. The van der Waals surface area contributed by atoms with Crippen LogP contribution in [0.1, 0.15) is 10.4 Å². The number of carbonyl (C=O) groups excluding carboxylic acids is 1. The number of nitrogens with one attached hydrogen (secondary N) is 1. The largest absolute Gasteiger partial charge is 0.321 e. The van der Waals surface area contributed by atoms with Gasteiger partial charge in [-0.25, -0.2) is 15.0 Å². The molecule has 0 saturated heterocycles. The van der Waals surface area contributed by atoms with Crippen LogP contribution in [-0.2, 0) is 0 Å². The van der Waals surface area contributed by atoms with Gasteiger partial charge in [0.05, 0.1) is 17.4 Å². The lowest BCUT2D eigenvalue weighted by molar-refractivity contribution is 0.102. The fraction of sp³-hybridized carbons (Fsp3) is 0. The smallest absolute Gasteiger partial charge is 0.257 e. The molecular weight excluding hydrogens is 273 g/mol. The molecule has 1 N–H and O–H groups in total. The number of rotatable bonds is 3. The van der Waals surface area contributed by atoms with Crippen molar-refractivity contribution in [3.63, 3.8) is 0 Å². The number of aromatic nitrogens is 4. The fourth-order valence-electron chi connectivity index (χ4n) is 1.72. The van der Waals surface area contributed by atoms with Gasteiger partial charge in [-0.1, -0.05) is 0 Å². The van der Waals surface area contributed by atoms with Gasteiger partial charge in [0.25, 0.3) is 5.91 Å². The van der Waals surface area contributed by atoms with Crippen LogP contribution in [0.3, 0.4) is 0 Å². The van der Waals surface area contributed by atoms with E-state index in [0.717, 1.165) is 6.07 Å². The Labute approximate surface area is 119 Å². The average molecular weight is 283 g/mol. The van der Waals surface area contributed by atoms with E-state index in [1.165, 1.54) is 18.5 Å². The average Bonchev–Trinajstić information content (AvgIpc) is 3.03. The normalized spacial score (nSPS) is 10.3. The summed E-state index contributed by atoms with van der Waals surface area (Å²) < 4.78 is 14.4. The Kier molecular flexibility index (Phi) is 3.38. The van der Waals surface area contributed by atoms with E-state index in [1.54, 1.807) is 35.4 Å². The highest BCUT2D eigenvalue weighted by atomic mass is 19.1. The van der Waals surface area contributed by atoms with E-state index in [0.29, 0.717) is 11.5 Å². The molecule has 3 heterocycles. The molecule has 104 valence electrons. The van der Waals surface area contributed by atoms with Crippen molar-refractivity contribution in [2.75, 3.05) is 5.32 Å². The van der Waals surface area contributed by atoms with Crippen LogP contribution in [0, 0.1) is 5.95 Å². The number of hydrogen-bond acceptors (Lipinski definition) is 4. The zero-order chi connectivity index (χ0) is 14.7. The van der Waals surface area contributed by atoms with Crippen LogP contribution in [0.5, 0.6) is 0 Å². The monoisotopic (exact) mass is 283 g/mol. The highest BCUT2D eigenvalue weighted by Crippen LogP contribution is 2.11. The molecule has 0 atom stereocenters. The van der Waals surface area contributed by atoms with Crippen molar-refractivity contribution in [1.82, 2.24) is 19.5 Å². The Morgan fingerprint density at radius 3 is 2.67 bits per heavy atom. The summed E-state index contributed by atoms with van der Waals surface area (Å²) in [5, 5.41) is 2.66. The van der Waals surface area contributed by atoms with Crippen molar-refractivity contribution < 1.29 is 9.18 Å². The molecule has 6 nitrogen and oxygen atoms in total. The van der Waals surface area contributed by atoms with Crippen molar-refractivity contribution in [2.45, 2.75) is 0 Å². The van der Waals surface area contributed by atoms with Gasteiger partial charge in [0.1, 0.15) is 12.1 Å². The van der Waals surface area contributed by atoms with Crippen molar-refractivity contribution in [3.05, 3.63) is 66.9 Å². The predicted octanol–water partition coefficient (Wildman–Crippen LogP) is 2.05. The second-order valence-electron chi connectivity index (χ2n) is 4.20. The quantitative estimate of drug-likeness (QED) is 0.747. The van der Waals surface area contributed by atoms with Crippen molar-refractivity contribution in [2.24, 2.45) is 0 Å². The van der Waals surface area contributed by atoms with Gasteiger partial charge in [0.15, 0.2) is 0 Å². The van der Waals surface area contributed by atoms with Gasteiger partial charge in [-0.05, 0) is 24.3 Å². The van der Waals surface area contributed by atoms with Gasteiger partial charge < -0.3 is 5.32 Å². The van der Waals surface area contributed by atoms with Crippen LogP contribution in [0.25, 0.3) is 5.82 Å². The number of anilines is 1. The van der Waals surface area contributed by atoms with Gasteiger partial charge in [-0.3, -0.25) is 9.36 Å². The standard InChI is InChI=1S/C14H10FN5O/c15-12-3-1-10(7-17-12)14(21)19-11-2-4-13(18-8-11)20-6-5-16-9-20/h1-9H,(H,19,21). The molecule has 0 aromatic carbocycles. The van der Waals surface area contributed by atoms with Crippen molar-refractivity contribution >= 4 is 11.6 Å². The maximum atomic E-state index is 12.7. The molecule has 3 aromatic rings. The number of carbonyl (C=O) groups is 1. The molecule has 1 amide bonds. The highest BCUT2D eigenvalue weighted by Gasteiger charge is 2.07. The molecule has 0 aliphatic rings. The minimum Gasteiger partial charge on any atom is -0.321 e. The summed E-state index contributed by atoms with van der Waals surface area (Å²) in [7, 11) is 0. The molecule has 0 saturated carbocycles. The molecular formula is C14H10FN5O. The number of nitrogens with zero attached hydrogens (tertiary/aromatic N) is 4. The fourth-order valence-corrected chi connectivity index (χ4v) is 1.72. The van der Waals surface area contributed by atoms with Crippen molar-refractivity contribution in [3.8, 4) is 5.82 Å². The van der Waals surface area contributed by atoms with E-state index >= 15 is 0 Å². The molecule has 3 aromatic heterocycles. The second kappa shape index (κ2) is 5.49. The third-order valence-corrected chi connectivity index (χ3v) is 2.76. The van der Waals surface area contributed by atoms with Crippen LogP contribution in [0.2, 0.25) is 0 Å². The molecule has 21 heavy (non-hydrogen) atoms. The Morgan fingerprint density at radius 2 is 2.05 bits per heavy atom. The van der Waals surface area contributed by atoms with Gasteiger partial charge in [-0.2, -0.15) is 4.39 Å². The summed E-state index contributed by atoms with van der Waals surface area (Å²) in [5.41, 5.74) is 0.809. The zero-order valence-corrected chi connectivity index (χ0v) is 10.8. The summed E-state index contributed by atoms with van der Waals surface area (Å²) in [4.78, 5) is 23.5. The van der Waals surface area contributed by atoms with Gasteiger partial charge >= 0.3 is 0 Å². The summed E-state index contributed by atoms with van der Waals surface area (Å²) in [6.45, 7) is 0. The molecule has 0 fully saturated rings. The van der Waals surface area contributed by atoms with Crippen molar-refractivity contribution in [1.29, 1.82) is 0 Å². The van der Waals surface area contributed by atoms with Crippen LogP contribution < -0.4 is 5.32 Å². The molecule has 7 heteroatoms. The van der Waals surface area contributed by atoms with Gasteiger partial charge in [0, 0.05) is 18.6 Å². The van der Waals surface area contributed by atoms with Crippen LogP contribution in [-0.4, -0.2) is 25.4 Å². The van der Waals surface area contributed by atoms with Crippen LogP contribution >= 0.6 is 0 Å². The first-order valence-electron chi connectivity index (χ1n) is 6.10. The van der Waals surface area contributed by atoms with Crippen LogP contribution in [0.15, 0.2) is 55.4 Å². The van der Waals surface area contributed by atoms with Crippen LogP contribution in [0.4, 0.5) is 10.1 Å². The number of pyridine rings is 2. The number of hydrogen-bond donors (Lipinski definition) is 1. The second-order valence-corrected chi connectivity index (χ2v) is 4.20. The topological polar surface area (TPSA) is 72.7 Å². The summed E-state index contributed by atoms with van der Waals surface area (Å²) in [6.07, 6.45) is 7.76. The first-order valence-corrected chi connectivity index (χ1v) is 6.10. The Hall–Kier alpha value is -3.09. The minimum absolute atomic E-state index is 0.273. The third kappa shape index (κ3) is 2.92. The maximum Gasteiger partial charge on any atom is 0.257 e. The number of halogens is 1. The van der Waals surface area contributed by atoms with E-state index in [4.69, 9.17) is 0 Å². The molecule has 0 aliphatic heterocycles. The first kappa shape index (κ1) is 12.9. The van der Waals surface area contributed by atoms with E-state index in [1.807, 2.05) is 0 Å². The molecule has 0 radical (unpaired) electrons. The number of imidazole rings is 1. The van der Waals surface area contributed by atoms with E-state index in [9.17, 15) is 9.18 Å². The predicted molar refractivity (Wildman–Crippen MR) is 73.5 cm³/mol. The lowest BCUT2D eigenvalue weighted by Crippen LogP contribution is -2.12. The molecule has 3 rings (SSSR count). The number of amides is 1. The molecule has 0 unspecified atom stereocenters. The Balaban J connectivity index is 1.73.